The number of aryl methyl sites for hydroxylation is 1. The zero-order valence-corrected chi connectivity index (χ0v) is 17.3. The molecule has 0 radical (unpaired) electrons. The second-order valence-electron chi connectivity index (χ2n) is 7.38. The number of hydrogen-bond donors (Lipinski definition) is 0. The third-order valence-corrected chi connectivity index (χ3v) is 5.38. The van der Waals surface area contributed by atoms with Crippen molar-refractivity contribution >= 4 is 27.8 Å². The van der Waals surface area contributed by atoms with E-state index in [1.807, 2.05) is 29.8 Å². The van der Waals surface area contributed by atoms with Crippen LogP contribution in [-0.2, 0) is 11.3 Å². The van der Waals surface area contributed by atoms with Crippen LogP contribution in [0.25, 0.3) is 33.3 Å². The molecule has 0 aliphatic carbocycles. The Morgan fingerprint density at radius 2 is 1.90 bits per heavy atom. The molecule has 154 valence electrons. The van der Waals surface area contributed by atoms with Crippen molar-refractivity contribution in [3.63, 3.8) is 0 Å². The van der Waals surface area contributed by atoms with E-state index in [0.29, 0.717) is 41.2 Å². The van der Waals surface area contributed by atoms with Gasteiger partial charge < -0.3 is 9.15 Å². The first-order chi connectivity index (χ1) is 15.1. The molecule has 0 unspecified atom stereocenters. The van der Waals surface area contributed by atoms with Crippen molar-refractivity contribution in [2.45, 2.75) is 20.4 Å². The van der Waals surface area contributed by atoms with Crippen LogP contribution in [0.15, 0.2) is 71.3 Å². The molecule has 31 heavy (non-hydrogen) atoms. The first-order valence-electron chi connectivity index (χ1n) is 10.2. The van der Waals surface area contributed by atoms with Gasteiger partial charge in [0.05, 0.1) is 30.4 Å². The van der Waals surface area contributed by atoms with Crippen LogP contribution in [0, 0.1) is 6.92 Å². The molecule has 0 aliphatic rings. The smallest absolute Gasteiger partial charge is 0.339 e. The molecule has 6 heteroatoms. The van der Waals surface area contributed by atoms with Gasteiger partial charge in [-0.15, -0.1) is 0 Å². The van der Waals surface area contributed by atoms with E-state index in [-0.39, 0.29) is 0 Å². The van der Waals surface area contributed by atoms with Gasteiger partial charge in [0.25, 0.3) is 0 Å². The van der Waals surface area contributed by atoms with Crippen LogP contribution in [0.5, 0.6) is 0 Å². The maximum atomic E-state index is 12.7. The molecule has 0 saturated heterocycles. The average molecular weight is 411 g/mol. The Bertz CT molecular complexity index is 1400. The fourth-order valence-corrected chi connectivity index (χ4v) is 3.86. The van der Waals surface area contributed by atoms with E-state index in [4.69, 9.17) is 14.3 Å². The molecule has 0 amide bonds. The van der Waals surface area contributed by atoms with Crippen molar-refractivity contribution in [1.29, 1.82) is 0 Å². The predicted molar refractivity (Wildman–Crippen MR) is 119 cm³/mol. The number of benzene rings is 2. The number of furan rings is 1. The molecule has 2 aromatic carbocycles. The van der Waals surface area contributed by atoms with Gasteiger partial charge in [0, 0.05) is 5.69 Å². The second kappa shape index (κ2) is 7.72. The van der Waals surface area contributed by atoms with Crippen molar-refractivity contribution in [1.82, 2.24) is 14.8 Å². The molecular formula is C25H21N3O3. The highest BCUT2D eigenvalue weighted by Crippen LogP contribution is 2.28. The van der Waals surface area contributed by atoms with Crippen LogP contribution in [0.3, 0.4) is 0 Å². The van der Waals surface area contributed by atoms with Crippen molar-refractivity contribution in [2.24, 2.45) is 0 Å². The molecule has 5 aromatic rings. The molecule has 0 bridgehead atoms. The van der Waals surface area contributed by atoms with E-state index in [0.717, 1.165) is 11.3 Å². The summed E-state index contributed by atoms with van der Waals surface area (Å²) in [5.74, 6) is 0.185. The lowest BCUT2D eigenvalue weighted by Gasteiger charge is -2.07. The van der Waals surface area contributed by atoms with Gasteiger partial charge in [-0.1, -0.05) is 36.4 Å². The SMILES string of the molecule is CCOC(=O)c1cc(-c2ccco2)nc2nn(Cc3ccc4ccccc4c3)c(C)c12. The Labute approximate surface area is 179 Å². The van der Waals surface area contributed by atoms with Crippen LogP contribution < -0.4 is 0 Å². The van der Waals surface area contributed by atoms with E-state index >= 15 is 0 Å². The van der Waals surface area contributed by atoms with E-state index in [1.165, 1.54) is 10.8 Å². The number of pyridine rings is 1. The summed E-state index contributed by atoms with van der Waals surface area (Å²) in [7, 11) is 0. The van der Waals surface area contributed by atoms with Crippen molar-refractivity contribution in [2.75, 3.05) is 6.61 Å². The highest BCUT2D eigenvalue weighted by Gasteiger charge is 2.21. The highest BCUT2D eigenvalue weighted by molar-refractivity contribution is 6.04. The van der Waals surface area contributed by atoms with Gasteiger partial charge in [-0.05, 0) is 54.4 Å². The number of ether oxygens (including phenoxy) is 1. The minimum Gasteiger partial charge on any atom is -0.463 e. The summed E-state index contributed by atoms with van der Waals surface area (Å²) in [5.41, 5.74) is 3.48. The fraction of sp³-hybridized carbons (Fsp3) is 0.160. The number of carbonyl (C=O) groups is 1. The highest BCUT2D eigenvalue weighted by atomic mass is 16.5. The third kappa shape index (κ3) is 3.46. The maximum Gasteiger partial charge on any atom is 0.339 e. The van der Waals surface area contributed by atoms with Crippen LogP contribution in [0.4, 0.5) is 0 Å². The molecule has 3 heterocycles. The normalized spacial score (nSPS) is 11.3. The van der Waals surface area contributed by atoms with Crippen LogP contribution in [-0.4, -0.2) is 27.3 Å². The van der Waals surface area contributed by atoms with Crippen LogP contribution in [0.1, 0.15) is 28.5 Å². The first-order valence-corrected chi connectivity index (χ1v) is 10.2. The summed E-state index contributed by atoms with van der Waals surface area (Å²) in [6.45, 7) is 4.61. The zero-order chi connectivity index (χ0) is 21.4. The number of carbonyl (C=O) groups excluding carboxylic acids is 1. The molecule has 0 N–H and O–H groups in total. The zero-order valence-electron chi connectivity index (χ0n) is 17.3. The molecule has 0 spiro atoms. The molecule has 0 atom stereocenters. The number of aromatic nitrogens is 3. The van der Waals surface area contributed by atoms with E-state index in [9.17, 15) is 4.79 Å². The van der Waals surface area contributed by atoms with Crippen molar-refractivity contribution in [3.05, 3.63) is 83.7 Å². The van der Waals surface area contributed by atoms with Crippen LogP contribution in [0.2, 0.25) is 0 Å². The van der Waals surface area contributed by atoms with E-state index in [2.05, 4.69) is 35.3 Å². The van der Waals surface area contributed by atoms with Crippen LogP contribution >= 0.6 is 0 Å². The average Bonchev–Trinajstić information content (AvgIpc) is 3.42. The van der Waals surface area contributed by atoms with Gasteiger partial charge in [0.1, 0.15) is 5.69 Å². The fourth-order valence-electron chi connectivity index (χ4n) is 3.86. The molecule has 6 nitrogen and oxygen atoms in total. The quantitative estimate of drug-likeness (QED) is 0.363. The molecule has 0 fully saturated rings. The third-order valence-electron chi connectivity index (χ3n) is 5.38. The summed E-state index contributed by atoms with van der Waals surface area (Å²) < 4.78 is 12.7. The number of esters is 1. The Hall–Kier alpha value is -3.93. The lowest BCUT2D eigenvalue weighted by molar-refractivity contribution is 0.0528. The van der Waals surface area contributed by atoms with E-state index < -0.39 is 5.97 Å². The van der Waals surface area contributed by atoms with E-state index in [1.54, 1.807) is 25.3 Å². The summed E-state index contributed by atoms with van der Waals surface area (Å²) in [5, 5.41) is 7.80. The topological polar surface area (TPSA) is 70.2 Å². The number of nitrogens with zero attached hydrogens (tertiary/aromatic N) is 3. The standard InChI is InChI=1S/C25H21N3O3/c1-3-30-25(29)20-14-21(22-9-6-12-31-22)26-24-23(20)16(2)28(27-24)15-17-10-11-18-7-4-5-8-19(18)13-17/h4-14H,3,15H2,1-2H3. The number of fused-ring (bicyclic) bond motifs is 2. The minimum atomic E-state index is -0.393. The van der Waals surface area contributed by atoms with Gasteiger partial charge in [-0.2, -0.15) is 5.10 Å². The molecular weight excluding hydrogens is 390 g/mol. The summed E-state index contributed by atoms with van der Waals surface area (Å²) in [6.07, 6.45) is 1.58. The van der Waals surface area contributed by atoms with Gasteiger partial charge in [-0.25, -0.2) is 9.78 Å². The first kappa shape index (κ1) is 19.1. The van der Waals surface area contributed by atoms with Gasteiger partial charge >= 0.3 is 5.97 Å². The van der Waals surface area contributed by atoms with Gasteiger partial charge in [0.2, 0.25) is 0 Å². The Morgan fingerprint density at radius 3 is 2.68 bits per heavy atom. The Morgan fingerprint density at radius 1 is 1.06 bits per heavy atom. The lowest BCUT2D eigenvalue weighted by atomic mass is 10.1. The molecule has 3 aromatic heterocycles. The monoisotopic (exact) mass is 411 g/mol. The summed E-state index contributed by atoms with van der Waals surface area (Å²) >= 11 is 0. The Balaban J connectivity index is 1.62. The summed E-state index contributed by atoms with van der Waals surface area (Å²) in [6, 6.07) is 19.9. The maximum absolute atomic E-state index is 12.7. The number of hydrogen-bond acceptors (Lipinski definition) is 5. The molecule has 0 aliphatic heterocycles. The minimum absolute atomic E-state index is 0.295. The number of rotatable bonds is 5. The van der Waals surface area contributed by atoms with Gasteiger partial charge in [-0.3, -0.25) is 4.68 Å². The van der Waals surface area contributed by atoms with Crippen molar-refractivity contribution in [3.8, 4) is 11.5 Å². The Kier molecular flexibility index (Phi) is 4.75. The lowest BCUT2D eigenvalue weighted by Crippen LogP contribution is -2.07. The second-order valence-corrected chi connectivity index (χ2v) is 7.38. The molecule has 0 saturated carbocycles. The van der Waals surface area contributed by atoms with Gasteiger partial charge in [0.15, 0.2) is 11.4 Å². The van der Waals surface area contributed by atoms with Crippen molar-refractivity contribution < 1.29 is 13.9 Å². The predicted octanol–water partition coefficient (Wildman–Crippen LogP) is 5.38. The molecule has 5 rings (SSSR count). The summed E-state index contributed by atoms with van der Waals surface area (Å²) in [4.78, 5) is 17.4. The largest absolute Gasteiger partial charge is 0.463 e.